The van der Waals surface area contributed by atoms with Gasteiger partial charge < -0.3 is 15.7 Å². The zero-order valence-electron chi connectivity index (χ0n) is 30.2. The Balaban J connectivity index is 0.000000190. The molecule has 0 aliphatic carbocycles. The van der Waals surface area contributed by atoms with Gasteiger partial charge >= 0.3 is 0 Å². The van der Waals surface area contributed by atoms with E-state index in [-0.39, 0.29) is 0 Å². The first kappa shape index (κ1) is 33.9. The van der Waals surface area contributed by atoms with Crippen LogP contribution in [0.4, 0.5) is 0 Å². The van der Waals surface area contributed by atoms with Crippen LogP contribution < -0.4 is 5.73 Å². The van der Waals surface area contributed by atoms with Gasteiger partial charge in [-0.2, -0.15) is 0 Å². The van der Waals surface area contributed by atoms with Crippen molar-refractivity contribution in [3.63, 3.8) is 0 Å². The van der Waals surface area contributed by atoms with Gasteiger partial charge in [0, 0.05) is 47.7 Å². The second kappa shape index (κ2) is 14.4. The van der Waals surface area contributed by atoms with Crippen LogP contribution in [0.5, 0.6) is 0 Å². The number of nitrogens with one attached hydrogen (secondary N) is 1. The van der Waals surface area contributed by atoms with Crippen LogP contribution in [0.2, 0.25) is 0 Å². The van der Waals surface area contributed by atoms with Gasteiger partial charge in [0.2, 0.25) is 0 Å². The van der Waals surface area contributed by atoms with Gasteiger partial charge in [0.15, 0.2) is 0 Å². The molecule has 7 aromatic carbocycles. The van der Waals surface area contributed by atoms with Gasteiger partial charge in [-0.25, -0.2) is 0 Å². The quantitative estimate of drug-likeness (QED) is 0.101. The first-order chi connectivity index (χ1) is 26.0. The topological polar surface area (TPSA) is 54.8 Å². The van der Waals surface area contributed by atoms with E-state index in [9.17, 15) is 0 Å². The minimum atomic E-state index is 0.430. The van der Waals surface area contributed by atoms with E-state index in [1.54, 1.807) is 6.08 Å². The second-order valence-corrected chi connectivity index (χ2v) is 14.5. The van der Waals surface area contributed by atoms with E-state index in [1.165, 1.54) is 74.8 Å². The lowest BCUT2D eigenvalue weighted by molar-refractivity contribution is 1.18. The monoisotopic (exact) mass is 703 g/mol. The smallest absolute Gasteiger partial charge is 0.0632 e. The van der Waals surface area contributed by atoms with Crippen LogP contribution in [0, 0.1) is 12.3 Å². The molecule has 0 saturated carbocycles. The summed E-state index contributed by atoms with van der Waals surface area (Å²) >= 11 is 1.89. The van der Waals surface area contributed by atoms with Crippen molar-refractivity contribution < 1.29 is 0 Å². The molecular weight excluding hydrogens is 663 g/mol. The number of para-hydroxylation sites is 1. The van der Waals surface area contributed by atoms with Crippen molar-refractivity contribution >= 4 is 80.6 Å². The third kappa shape index (κ3) is 6.22. The lowest BCUT2D eigenvalue weighted by atomic mass is 9.96. The highest BCUT2D eigenvalue weighted by atomic mass is 32.1. The van der Waals surface area contributed by atoms with Crippen molar-refractivity contribution in [3.05, 3.63) is 186 Å². The van der Waals surface area contributed by atoms with Crippen LogP contribution in [0.3, 0.4) is 0 Å². The Morgan fingerprint density at radius 1 is 0.679 bits per heavy atom. The van der Waals surface area contributed by atoms with Gasteiger partial charge in [0.05, 0.1) is 16.7 Å². The number of allylic oxidation sites excluding steroid dienone is 4. The van der Waals surface area contributed by atoms with Gasteiger partial charge in [0.1, 0.15) is 0 Å². The van der Waals surface area contributed by atoms with Crippen LogP contribution >= 0.6 is 11.3 Å². The van der Waals surface area contributed by atoms with Crippen LogP contribution in [0.15, 0.2) is 175 Å². The first-order valence-corrected chi connectivity index (χ1v) is 19.0. The third-order valence-electron chi connectivity index (χ3n) is 9.93. The molecule has 9 rings (SSSR count). The lowest BCUT2D eigenvalue weighted by Crippen LogP contribution is -2.04. The van der Waals surface area contributed by atoms with E-state index in [2.05, 4.69) is 134 Å². The third-order valence-corrected chi connectivity index (χ3v) is 11.1. The molecule has 2 heterocycles. The number of hydrogen-bond acceptors (Lipinski definition) is 3. The molecule has 0 unspecified atom stereocenters. The molecule has 0 spiro atoms. The number of rotatable bonds is 6. The summed E-state index contributed by atoms with van der Waals surface area (Å²) in [5, 5.41) is 18.6. The summed E-state index contributed by atoms with van der Waals surface area (Å²) in [5.74, 6) is 0. The Hall–Kier alpha value is -6.23. The highest BCUT2D eigenvalue weighted by Crippen LogP contribution is 2.44. The maximum atomic E-state index is 8.01. The molecule has 53 heavy (non-hydrogen) atoms. The SMILES string of the molecule is C\C=C/C(=C\CC)C(/N)=C/C(=N)c1ccccc1.Cc1ccc(-n2c3ccccc3c3ccc4c(ccc5ccc6sc7ccccc7c6c54)c32)cc1. The van der Waals surface area contributed by atoms with Gasteiger partial charge in [-0.1, -0.05) is 140 Å². The van der Waals surface area contributed by atoms with E-state index in [4.69, 9.17) is 11.1 Å². The fraction of sp³-hybridized carbons (Fsp3) is 0.0816. The fourth-order valence-electron chi connectivity index (χ4n) is 7.49. The summed E-state index contributed by atoms with van der Waals surface area (Å²) in [6, 6.07) is 50.0. The van der Waals surface area contributed by atoms with E-state index < -0.39 is 0 Å². The van der Waals surface area contributed by atoms with E-state index in [0.29, 0.717) is 11.4 Å². The van der Waals surface area contributed by atoms with Crippen molar-refractivity contribution in [1.29, 1.82) is 5.41 Å². The Labute approximate surface area is 314 Å². The van der Waals surface area contributed by atoms with Crippen molar-refractivity contribution in [2.24, 2.45) is 5.73 Å². The van der Waals surface area contributed by atoms with Crippen LogP contribution in [-0.4, -0.2) is 10.3 Å². The van der Waals surface area contributed by atoms with E-state index in [0.717, 1.165) is 17.6 Å². The predicted molar refractivity (Wildman–Crippen MR) is 232 cm³/mol. The molecule has 2 aromatic heterocycles. The van der Waals surface area contributed by atoms with E-state index >= 15 is 0 Å². The number of aryl methyl sites for hydroxylation is 1. The Bertz CT molecular complexity index is 2900. The number of nitrogens with two attached hydrogens (primary N) is 1. The lowest BCUT2D eigenvalue weighted by Gasteiger charge is -2.12. The molecule has 0 fully saturated rings. The Kier molecular flexibility index (Phi) is 9.22. The zero-order valence-corrected chi connectivity index (χ0v) is 31.0. The molecule has 0 aliphatic rings. The molecule has 3 N–H and O–H groups in total. The number of fused-ring (bicyclic) bond motifs is 11. The van der Waals surface area contributed by atoms with Gasteiger partial charge in [0.25, 0.3) is 0 Å². The summed E-state index contributed by atoms with van der Waals surface area (Å²) < 4.78 is 5.15. The van der Waals surface area contributed by atoms with Crippen molar-refractivity contribution in [2.75, 3.05) is 0 Å². The summed E-state index contributed by atoms with van der Waals surface area (Å²) in [4.78, 5) is 0. The molecule has 0 atom stereocenters. The number of benzene rings is 7. The number of aromatic nitrogens is 1. The normalized spacial score (nSPS) is 12.4. The van der Waals surface area contributed by atoms with Crippen LogP contribution in [0.25, 0.3) is 69.2 Å². The second-order valence-electron chi connectivity index (χ2n) is 13.4. The predicted octanol–water partition coefficient (Wildman–Crippen LogP) is 13.6. The average Bonchev–Trinajstić information content (AvgIpc) is 3.75. The number of hydrogen-bond donors (Lipinski definition) is 2. The summed E-state index contributed by atoms with van der Waals surface area (Å²) in [6.45, 7) is 6.17. The number of nitrogens with zero attached hydrogens (tertiary/aromatic N) is 1. The molecule has 9 aromatic rings. The van der Waals surface area contributed by atoms with Crippen LogP contribution in [0.1, 0.15) is 31.4 Å². The van der Waals surface area contributed by atoms with Gasteiger partial charge in [-0.15, -0.1) is 11.3 Å². The zero-order chi connectivity index (χ0) is 36.5. The molecule has 3 nitrogen and oxygen atoms in total. The maximum Gasteiger partial charge on any atom is 0.0632 e. The fourth-order valence-corrected chi connectivity index (χ4v) is 8.60. The average molecular weight is 704 g/mol. The molecule has 258 valence electrons. The minimum absolute atomic E-state index is 0.430. The molecule has 0 radical (unpaired) electrons. The van der Waals surface area contributed by atoms with Gasteiger partial charge in [-0.3, -0.25) is 0 Å². The largest absolute Gasteiger partial charge is 0.398 e. The molecule has 4 heteroatoms. The summed E-state index contributed by atoms with van der Waals surface area (Å²) in [6.07, 6.45) is 8.61. The summed E-state index contributed by atoms with van der Waals surface area (Å²) in [7, 11) is 0. The van der Waals surface area contributed by atoms with E-state index in [1.807, 2.05) is 60.7 Å². The standard InChI is InChI=1S/C33H21NS.C16H20N2/c1-20-10-14-22(15-11-20)34-28-8-4-2-6-23(28)25-18-17-24-26(33(25)34)16-12-21-13-19-30-32(31(21)24)27-7-3-5-9-29(27)35-30;1-3-8-13(9-4-2)15(17)12-16(18)14-10-6-5-7-11-14/h2-19H,1H3;3,5-12,18H,4,17H2,1-2H3/b;8-3-,13-9+,15-12-,18-16?. The first-order valence-electron chi connectivity index (χ1n) is 18.2. The summed E-state index contributed by atoms with van der Waals surface area (Å²) in [5.41, 5.74) is 13.9. The Morgan fingerprint density at radius 2 is 1.34 bits per heavy atom. The molecular formula is C49H41N3S. The Morgan fingerprint density at radius 3 is 2.11 bits per heavy atom. The molecule has 0 bridgehead atoms. The number of thiophene rings is 1. The molecule has 0 aliphatic heterocycles. The highest BCUT2D eigenvalue weighted by Gasteiger charge is 2.17. The molecule has 0 saturated heterocycles. The molecule has 0 amide bonds. The maximum absolute atomic E-state index is 8.01. The van der Waals surface area contributed by atoms with Crippen LogP contribution in [-0.2, 0) is 0 Å². The van der Waals surface area contributed by atoms with Crippen molar-refractivity contribution in [2.45, 2.75) is 27.2 Å². The minimum Gasteiger partial charge on any atom is -0.398 e. The van der Waals surface area contributed by atoms with Crippen molar-refractivity contribution in [3.8, 4) is 5.69 Å². The van der Waals surface area contributed by atoms with Crippen molar-refractivity contribution in [1.82, 2.24) is 4.57 Å². The van der Waals surface area contributed by atoms with Gasteiger partial charge in [-0.05, 0) is 84.0 Å². The highest BCUT2D eigenvalue weighted by molar-refractivity contribution is 7.26.